The summed E-state index contributed by atoms with van der Waals surface area (Å²) in [6, 6.07) is 2.23. The molecule has 1 aromatic rings. The van der Waals surface area contributed by atoms with Gasteiger partial charge < -0.3 is 4.98 Å². The molecule has 0 fully saturated rings. The van der Waals surface area contributed by atoms with Crippen LogP contribution < -0.4 is 0 Å². The van der Waals surface area contributed by atoms with Gasteiger partial charge in [-0.1, -0.05) is 19.8 Å². The third-order valence-electron chi connectivity index (χ3n) is 1.96. The number of nitrogens with one attached hydrogen (secondary N) is 1. The van der Waals surface area contributed by atoms with E-state index in [0.717, 1.165) is 0 Å². The maximum absolute atomic E-state index is 3.20. The third-order valence-corrected chi connectivity index (χ3v) is 1.96. The van der Waals surface area contributed by atoms with Gasteiger partial charge in [0.05, 0.1) is 0 Å². The highest BCUT2D eigenvalue weighted by atomic mass is 14.7. The second-order valence-corrected chi connectivity index (χ2v) is 3.15. The predicted molar refractivity (Wildman–Crippen MR) is 48.8 cm³/mol. The quantitative estimate of drug-likeness (QED) is 0.636. The molecular formula is C10H17N. The molecule has 1 rings (SSSR count). The molecule has 0 atom stereocenters. The summed E-state index contributed by atoms with van der Waals surface area (Å²) in [5.74, 6) is 0. The maximum Gasteiger partial charge on any atom is 0.0118 e. The Labute approximate surface area is 68.8 Å². The number of H-pyrrole nitrogens is 1. The first-order chi connectivity index (χ1) is 5.33. The summed E-state index contributed by atoms with van der Waals surface area (Å²) in [5, 5.41) is 0. The van der Waals surface area contributed by atoms with E-state index in [2.05, 4.69) is 31.1 Å². The van der Waals surface area contributed by atoms with Gasteiger partial charge in [-0.05, 0) is 31.4 Å². The highest BCUT2D eigenvalue weighted by Gasteiger charge is 1.93. The van der Waals surface area contributed by atoms with Crippen LogP contribution in [0.1, 0.15) is 37.4 Å². The molecule has 0 aromatic carbocycles. The molecule has 0 saturated heterocycles. The predicted octanol–water partition coefficient (Wildman–Crippen LogP) is 3.06. The molecule has 0 aliphatic heterocycles. The van der Waals surface area contributed by atoms with Gasteiger partial charge >= 0.3 is 0 Å². The second-order valence-electron chi connectivity index (χ2n) is 3.15. The molecule has 1 N–H and O–H groups in total. The lowest BCUT2D eigenvalue weighted by Crippen LogP contribution is -1.80. The standard InChI is InChI=1S/C10H17N/c1-3-4-5-6-10-7-9(2)11-8-10/h7-8,11H,3-6H2,1-2H3. The molecule has 1 heteroatoms. The van der Waals surface area contributed by atoms with Crippen LogP contribution in [-0.4, -0.2) is 4.98 Å². The van der Waals surface area contributed by atoms with E-state index in [-0.39, 0.29) is 0 Å². The zero-order valence-corrected chi connectivity index (χ0v) is 7.48. The van der Waals surface area contributed by atoms with Crippen molar-refractivity contribution in [3.63, 3.8) is 0 Å². The topological polar surface area (TPSA) is 15.8 Å². The lowest BCUT2D eigenvalue weighted by molar-refractivity contribution is 0.718. The molecule has 11 heavy (non-hydrogen) atoms. The Morgan fingerprint density at radius 1 is 1.36 bits per heavy atom. The molecule has 0 amide bonds. The minimum absolute atomic E-state index is 1.23. The van der Waals surface area contributed by atoms with Crippen molar-refractivity contribution in [2.24, 2.45) is 0 Å². The maximum atomic E-state index is 3.20. The first-order valence-electron chi connectivity index (χ1n) is 4.47. The molecule has 0 aliphatic rings. The minimum Gasteiger partial charge on any atom is -0.365 e. The minimum atomic E-state index is 1.23. The van der Waals surface area contributed by atoms with Crippen LogP contribution >= 0.6 is 0 Å². The summed E-state index contributed by atoms with van der Waals surface area (Å²) in [6.45, 7) is 4.34. The van der Waals surface area contributed by atoms with E-state index in [1.165, 1.54) is 36.9 Å². The number of hydrogen-bond donors (Lipinski definition) is 1. The summed E-state index contributed by atoms with van der Waals surface area (Å²) < 4.78 is 0. The van der Waals surface area contributed by atoms with Crippen molar-refractivity contribution >= 4 is 0 Å². The molecule has 0 saturated carbocycles. The largest absolute Gasteiger partial charge is 0.365 e. The van der Waals surface area contributed by atoms with E-state index in [1.54, 1.807) is 0 Å². The first-order valence-corrected chi connectivity index (χ1v) is 4.47. The van der Waals surface area contributed by atoms with Gasteiger partial charge in [0.2, 0.25) is 0 Å². The van der Waals surface area contributed by atoms with Crippen LogP contribution in [0, 0.1) is 6.92 Å². The van der Waals surface area contributed by atoms with Gasteiger partial charge in [-0.15, -0.1) is 0 Å². The third kappa shape index (κ3) is 2.79. The van der Waals surface area contributed by atoms with Gasteiger partial charge in [0.1, 0.15) is 0 Å². The summed E-state index contributed by atoms with van der Waals surface area (Å²) in [5.41, 5.74) is 2.73. The van der Waals surface area contributed by atoms with Crippen molar-refractivity contribution in [2.45, 2.75) is 39.5 Å². The Hall–Kier alpha value is -0.720. The number of aryl methyl sites for hydroxylation is 2. The molecule has 0 spiro atoms. The van der Waals surface area contributed by atoms with Crippen molar-refractivity contribution in [2.75, 3.05) is 0 Å². The highest BCUT2D eigenvalue weighted by Crippen LogP contribution is 2.07. The monoisotopic (exact) mass is 151 g/mol. The van der Waals surface area contributed by atoms with Crippen molar-refractivity contribution in [3.8, 4) is 0 Å². The molecule has 1 nitrogen and oxygen atoms in total. The fourth-order valence-electron chi connectivity index (χ4n) is 1.29. The van der Waals surface area contributed by atoms with Crippen LogP contribution in [0.5, 0.6) is 0 Å². The number of unbranched alkanes of at least 4 members (excludes halogenated alkanes) is 2. The molecular weight excluding hydrogens is 134 g/mol. The smallest absolute Gasteiger partial charge is 0.0118 e. The average molecular weight is 151 g/mol. The van der Waals surface area contributed by atoms with Gasteiger partial charge in [-0.25, -0.2) is 0 Å². The van der Waals surface area contributed by atoms with Gasteiger partial charge in [-0.3, -0.25) is 0 Å². The van der Waals surface area contributed by atoms with Crippen molar-refractivity contribution in [1.29, 1.82) is 0 Å². The normalized spacial score (nSPS) is 10.4. The second kappa shape index (κ2) is 4.22. The number of hydrogen-bond acceptors (Lipinski definition) is 0. The molecule has 0 bridgehead atoms. The van der Waals surface area contributed by atoms with Gasteiger partial charge in [0.25, 0.3) is 0 Å². The summed E-state index contributed by atoms with van der Waals surface area (Å²) in [6.07, 6.45) is 7.34. The van der Waals surface area contributed by atoms with Crippen LogP contribution in [0.15, 0.2) is 12.3 Å². The van der Waals surface area contributed by atoms with E-state index in [4.69, 9.17) is 0 Å². The molecule has 0 radical (unpaired) electrons. The SMILES string of the molecule is CCCCCc1c[nH]c(C)c1. The summed E-state index contributed by atoms with van der Waals surface area (Å²) in [4.78, 5) is 3.20. The lowest BCUT2D eigenvalue weighted by atomic mass is 10.1. The van der Waals surface area contributed by atoms with Crippen molar-refractivity contribution < 1.29 is 0 Å². The van der Waals surface area contributed by atoms with E-state index < -0.39 is 0 Å². The molecule has 62 valence electrons. The Bertz CT molecular complexity index is 200. The average Bonchev–Trinajstić information content (AvgIpc) is 2.37. The van der Waals surface area contributed by atoms with Gasteiger partial charge in [-0.2, -0.15) is 0 Å². The number of aromatic amines is 1. The van der Waals surface area contributed by atoms with E-state index >= 15 is 0 Å². The first kappa shape index (κ1) is 8.38. The summed E-state index contributed by atoms with van der Waals surface area (Å²) >= 11 is 0. The van der Waals surface area contributed by atoms with Crippen LogP contribution in [0.3, 0.4) is 0 Å². The Kier molecular flexibility index (Phi) is 3.21. The molecule has 1 heterocycles. The number of rotatable bonds is 4. The lowest BCUT2D eigenvalue weighted by Gasteiger charge is -1.94. The Morgan fingerprint density at radius 3 is 2.73 bits per heavy atom. The van der Waals surface area contributed by atoms with Crippen LogP contribution in [-0.2, 0) is 6.42 Å². The van der Waals surface area contributed by atoms with Crippen molar-refractivity contribution in [3.05, 3.63) is 23.5 Å². The van der Waals surface area contributed by atoms with E-state index in [0.29, 0.717) is 0 Å². The van der Waals surface area contributed by atoms with Gasteiger partial charge in [0, 0.05) is 11.9 Å². The number of aromatic nitrogens is 1. The molecule has 0 aliphatic carbocycles. The van der Waals surface area contributed by atoms with Crippen LogP contribution in [0.2, 0.25) is 0 Å². The van der Waals surface area contributed by atoms with Gasteiger partial charge in [0.15, 0.2) is 0 Å². The highest BCUT2D eigenvalue weighted by molar-refractivity contribution is 5.15. The van der Waals surface area contributed by atoms with Crippen molar-refractivity contribution in [1.82, 2.24) is 4.98 Å². The fraction of sp³-hybridized carbons (Fsp3) is 0.600. The summed E-state index contributed by atoms with van der Waals surface area (Å²) in [7, 11) is 0. The van der Waals surface area contributed by atoms with E-state index in [9.17, 15) is 0 Å². The fourth-order valence-corrected chi connectivity index (χ4v) is 1.29. The van der Waals surface area contributed by atoms with Crippen LogP contribution in [0.4, 0.5) is 0 Å². The zero-order chi connectivity index (χ0) is 8.10. The molecule has 0 unspecified atom stereocenters. The Morgan fingerprint density at radius 2 is 2.18 bits per heavy atom. The van der Waals surface area contributed by atoms with E-state index in [1.807, 2.05) is 0 Å². The molecule has 1 aromatic heterocycles. The zero-order valence-electron chi connectivity index (χ0n) is 7.48. The van der Waals surface area contributed by atoms with Crippen LogP contribution in [0.25, 0.3) is 0 Å². The Balaban J connectivity index is 2.27.